The number of hydrogen-bond acceptors (Lipinski definition) is 3. The Kier molecular flexibility index (Phi) is 5.83. The van der Waals surface area contributed by atoms with E-state index in [1.807, 2.05) is 6.07 Å². The van der Waals surface area contributed by atoms with Crippen LogP contribution in [0.1, 0.15) is 30.0 Å². The molecule has 0 spiro atoms. The molecule has 0 aliphatic carbocycles. The van der Waals surface area contributed by atoms with Crippen molar-refractivity contribution in [2.75, 3.05) is 26.7 Å². The molecular formula is C20H25FN2O. The molecule has 3 rings (SSSR count). The van der Waals surface area contributed by atoms with E-state index in [2.05, 4.69) is 40.5 Å². The molecule has 1 saturated heterocycles. The summed E-state index contributed by atoms with van der Waals surface area (Å²) in [4.78, 5) is 2.54. The molecule has 0 radical (unpaired) electrons. The Balaban J connectivity index is 1.62. The minimum atomic E-state index is -0.309. The Bertz CT molecular complexity index is 641. The van der Waals surface area contributed by atoms with Crippen molar-refractivity contribution in [2.24, 2.45) is 0 Å². The topological polar surface area (TPSA) is 24.5 Å². The summed E-state index contributed by atoms with van der Waals surface area (Å²) in [6.07, 6.45) is 2.54. The van der Waals surface area contributed by atoms with E-state index < -0.39 is 0 Å². The fourth-order valence-electron chi connectivity index (χ4n) is 3.36. The zero-order valence-corrected chi connectivity index (χ0v) is 14.2. The van der Waals surface area contributed by atoms with Gasteiger partial charge in [0.2, 0.25) is 0 Å². The van der Waals surface area contributed by atoms with Crippen LogP contribution in [0.2, 0.25) is 0 Å². The lowest BCUT2D eigenvalue weighted by Gasteiger charge is -2.28. The summed E-state index contributed by atoms with van der Waals surface area (Å²) in [5.41, 5.74) is 2.27. The molecule has 24 heavy (non-hydrogen) atoms. The Morgan fingerprint density at radius 1 is 1.12 bits per heavy atom. The lowest BCUT2D eigenvalue weighted by molar-refractivity contribution is 0.238. The molecule has 2 aromatic carbocycles. The number of methoxy groups -OCH3 is 1. The first-order valence-electron chi connectivity index (χ1n) is 8.60. The van der Waals surface area contributed by atoms with Crippen molar-refractivity contribution in [3.05, 3.63) is 65.5 Å². The van der Waals surface area contributed by atoms with Gasteiger partial charge in [0.05, 0.1) is 7.11 Å². The molecule has 1 heterocycles. The van der Waals surface area contributed by atoms with Gasteiger partial charge in [-0.3, -0.25) is 4.90 Å². The number of likely N-dealkylation sites (tertiary alicyclic amines) is 1. The highest BCUT2D eigenvalue weighted by molar-refractivity contribution is 5.29. The number of rotatable bonds is 7. The van der Waals surface area contributed by atoms with E-state index in [4.69, 9.17) is 4.74 Å². The third kappa shape index (κ3) is 4.13. The molecule has 0 saturated carbocycles. The predicted octanol–water partition coefficient (Wildman–Crippen LogP) is 3.76. The summed E-state index contributed by atoms with van der Waals surface area (Å²) >= 11 is 0. The molecule has 1 unspecified atom stereocenters. The monoisotopic (exact) mass is 328 g/mol. The number of halogens is 1. The molecule has 4 heteroatoms. The average Bonchev–Trinajstić information content (AvgIpc) is 3.14. The molecule has 1 aliphatic heterocycles. The van der Waals surface area contributed by atoms with Gasteiger partial charge in [-0.2, -0.15) is 0 Å². The van der Waals surface area contributed by atoms with Crippen LogP contribution in [0.15, 0.2) is 48.5 Å². The average molecular weight is 328 g/mol. The number of hydrogen-bond donors (Lipinski definition) is 1. The Morgan fingerprint density at radius 3 is 2.54 bits per heavy atom. The van der Waals surface area contributed by atoms with E-state index >= 15 is 0 Å². The molecule has 128 valence electrons. The second kappa shape index (κ2) is 8.27. The fraction of sp³-hybridized carbons (Fsp3) is 0.400. The van der Waals surface area contributed by atoms with Crippen LogP contribution in [-0.4, -0.2) is 31.6 Å². The van der Waals surface area contributed by atoms with Crippen LogP contribution in [0, 0.1) is 5.82 Å². The van der Waals surface area contributed by atoms with Crippen molar-refractivity contribution < 1.29 is 9.13 Å². The number of benzene rings is 2. The molecule has 0 aromatic heterocycles. The van der Waals surface area contributed by atoms with Crippen molar-refractivity contribution >= 4 is 0 Å². The van der Waals surface area contributed by atoms with Crippen LogP contribution in [-0.2, 0) is 6.54 Å². The van der Waals surface area contributed by atoms with Crippen molar-refractivity contribution in [2.45, 2.75) is 25.4 Å². The molecular weight excluding hydrogens is 303 g/mol. The van der Waals surface area contributed by atoms with E-state index in [9.17, 15) is 4.39 Å². The van der Waals surface area contributed by atoms with Gasteiger partial charge in [-0.1, -0.05) is 36.4 Å². The smallest absolute Gasteiger partial charge is 0.165 e. The van der Waals surface area contributed by atoms with Gasteiger partial charge < -0.3 is 10.1 Å². The van der Waals surface area contributed by atoms with E-state index in [1.165, 1.54) is 25.5 Å². The molecule has 1 fully saturated rings. The third-order valence-corrected chi connectivity index (χ3v) is 4.65. The van der Waals surface area contributed by atoms with E-state index in [1.54, 1.807) is 12.1 Å². The summed E-state index contributed by atoms with van der Waals surface area (Å²) < 4.78 is 18.8. The van der Waals surface area contributed by atoms with Crippen molar-refractivity contribution in [1.29, 1.82) is 0 Å². The van der Waals surface area contributed by atoms with Gasteiger partial charge in [0, 0.05) is 19.1 Å². The van der Waals surface area contributed by atoms with Crippen LogP contribution in [0.5, 0.6) is 5.75 Å². The van der Waals surface area contributed by atoms with E-state index in [0.717, 1.165) is 25.2 Å². The highest BCUT2D eigenvalue weighted by Gasteiger charge is 2.22. The molecule has 1 N–H and O–H groups in total. The van der Waals surface area contributed by atoms with E-state index in [0.29, 0.717) is 12.6 Å². The first-order chi connectivity index (χ1) is 11.8. The molecule has 1 atom stereocenters. The number of nitrogens with one attached hydrogen (secondary N) is 1. The number of ether oxygens (including phenoxy) is 1. The Morgan fingerprint density at radius 2 is 1.88 bits per heavy atom. The second-order valence-corrected chi connectivity index (χ2v) is 6.27. The maximum absolute atomic E-state index is 13.8. The quantitative estimate of drug-likeness (QED) is 0.837. The summed E-state index contributed by atoms with van der Waals surface area (Å²) in [7, 11) is 1.48. The van der Waals surface area contributed by atoms with Crippen molar-refractivity contribution in [3.63, 3.8) is 0 Å². The van der Waals surface area contributed by atoms with Crippen LogP contribution in [0.25, 0.3) is 0 Å². The first kappa shape index (κ1) is 16.9. The third-order valence-electron chi connectivity index (χ3n) is 4.65. The maximum atomic E-state index is 13.8. The van der Waals surface area contributed by atoms with Crippen LogP contribution in [0.4, 0.5) is 4.39 Å². The first-order valence-corrected chi connectivity index (χ1v) is 8.60. The predicted molar refractivity (Wildman–Crippen MR) is 94.6 cm³/mol. The highest BCUT2D eigenvalue weighted by Crippen LogP contribution is 2.24. The van der Waals surface area contributed by atoms with Crippen LogP contribution < -0.4 is 10.1 Å². The van der Waals surface area contributed by atoms with Gasteiger partial charge in [0.1, 0.15) is 0 Å². The molecule has 1 aliphatic rings. The molecule has 0 amide bonds. The van der Waals surface area contributed by atoms with E-state index in [-0.39, 0.29) is 11.6 Å². The SMILES string of the molecule is COc1ccc(CNCC(c2ccccc2)N2CCCC2)cc1F. The van der Waals surface area contributed by atoms with Crippen molar-refractivity contribution in [1.82, 2.24) is 10.2 Å². The zero-order valence-electron chi connectivity index (χ0n) is 14.2. The molecule has 3 nitrogen and oxygen atoms in total. The second-order valence-electron chi connectivity index (χ2n) is 6.27. The van der Waals surface area contributed by atoms with Gasteiger partial charge in [-0.15, -0.1) is 0 Å². The lowest BCUT2D eigenvalue weighted by atomic mass is 10.1. The van der Waals surface area contributed by atoms with Gasteiger partial charge in [0.25, 0.3) is 0 Å². The summed E-state index contributed by atoms with van der Waals surface area (Å²) in [5.74, 6) is -0.0195. The van der Waals surface area contributed by atoms with Gasteiger partial charge >= 0.3 is 0 Å². The highest BCUT2D eigenvalue weighted by atomic mass is 19.1. The minimum Gasteiger partial charge on any atom is -0.494 e. The Hall–Kier alpha value is -1.91. The van der Waals surface area contributed by atoms with Gasteiger partial charge in [0.15, 0.2) is 11.6 Å². The summed E-state index contributed by atoms with van der Waals surface area (Å²) in [6.45, 7) is 3.81. The van der Waals surface area contributed by atoms with Crippen LogP contribution >= 0.6 is 0 Å². The summed E-state index contributed by atoms with van der Waals surface area (Å²) in [5, 5.41) is 3.49. The lowest BCUT2D eigenvalue weighted by Crippen LogP contribution is -2.34. The van der Waals surface area contributed by atoms with Gasteiger partial charge in [-0.25, -0.2) is 4.39 Å². The summed E-state index contributed by atoms with van der Waals surface area (Å²) in [6, 6.07) is 16.1. The maximum Gasteiger partial charge on any atom is 0.165 e. The normalized spacial score (nSPS) is 16.2. The Labute approximate surface area is 143 Å². The zero-order chi connectivity index (χ0) is 16.8. The minimum absolute atomic E-state index is 0.290. The van der Waals surface area contributed by atoms with Crippen molar-refractivity contribution in [3.8, 4) is 5.75 Å². The molecule has 0 bridgehead atoms. The molecule has 2 aromatic rings. The fourth-order valence-corrected chi connectivity index (χ4v) is 3.36. The standard InChI is InChI=1S/C20H25FN2O/c1-24-20-10-9-16(13-18(20)21)14-22-15-19(23-11-5-6-12-23)17-7-3-2-4-8-17/h2-4,7-10,13,19,22H,5-6,11-12,14-15H2,1H3. The van der Waals surface area contributed by atoms with Crippen LogP contribution in [0.3, 0.4) is 0 Å². The number of nitrogens with zero attached hydrogens (tertiary/aromatic N) is 1. The largest absolute Gasteiger partial charge is 0.494 e. The van der Waals surface area contributed by atoms with Gasteiger partial charge in [-0.05, 0) is 49.2 Å².